The van der Waals surface area contributed by atoms with Gasteiger partial charge in [-0.15, -0.1) is 0 Å². The number of carbonyl (C=O) groups is 2. The van der Waals surface area contributed by atoms with Crippen molar-refractivity contribution >= 4 is 34.5 Å². The molecular formula is C28H32ClFN4O3. The normalized spacial score (nSPS) is 18.2. The fourth-order valence-electron chi connectivity index (χ4n) is 6.02. The predicted molar refractivity (Wildman–Crippen MR) is 140 cm³/mol. The van der Waals surface area contributed by atoms with Crippen LogP contribution in [-0.4, -0.2) is 62.5 Å². The number of pyridine rings is 1. The van der Waals surface area contributed by atoms with Crippen LogP contribution in [0.2, 0.25) is 5.02 Å². The van der Waals surface area contributed by atoms with Gasteiger partial charge in [-0.1, -0.05) is 31.5 Å². The summed E-state index contributed by atoms with van der Waals surface area (Å²) < 4.78 is 16.8. The van der Waals surface area contributed by atoms with Gasteiger partial charge >= 0.3 is 5.97 Å². The summed E-state index contributed by atoms with van der Waals surface area (Å²) in [7, 11) is 0. The molecular weight excluding hydrogens is 495 g/mol. The summed E-state index contributed by atoms with van der Waals surface area (Å²) in [5.74, 6) is -0.823. The monoisotopic (exact) mass is 526 g/mol. The lowest BCUT2D eigenvalue weighted by Crippen LogP contribution is -2.46. The molecule has 0 bridgehead atoms. The van der Waals surface area contributed by atoms with E-state index in [1.807, 2.05) is 20.4 Å². The number of hydrogen-bond acceptors (Lipinski definition) is 4. The van der Waals surface area contributed by atoms with Crippen LogP contribution in [0, 0.1) is 11.7 Å². The Morgan fingerprint density at radius 2 is 1.97 bits per heavy atom. The highest BCUT2D eigenvalue weighted by Crippen LogP contribution is 2.41. The fourth-order valence-corrected chi connectivity index (χ4v) is 6.18. The lowest BCUT2D eigenvalue weighted by atomic mass is 9.79. The van der Waals surface area contributed by atoms with E-state index in [2.05, 4.69) is 24.9 Å². The van der Waals surface area contributed by atoms with Crippen molar-refractivity contribution in [2.75, 3.05) is 26.2 Å². The van der Waals surface area contributed by atoms with Crippen molar-refractivity contribution in [3.05, 3.63) is 64.2 Å². The molecule has 3 aromatic rings. The van der Waals surface area contributed by atoms with Crippen molar-refractivity contribution in [1.29, 1.82) is 0 Å². The van der Waals surface area contributed by atoms with Crippen molar-refractivity contribution in [2.45, 2.75) is 51.6 Å². The molecule has 9 heteroatoms. The summed E-state index contributed by atoms with van der Waals surface area (Å²) in [4.78, 5) is 33.0. The maximum Gasteiger partial charge on any atom is 0.317 e. The van der Waals surface area contributed by atoms with Gasteiger partial charge < -0.3 is 14.6 Å². The van der Waals surface area contributed by atoms with Gasteiger partial charge in [0, 0.05) is 46.2 Å². The molecule has 1 saturated heterocycles. The number of carbonyl (C=O) groups excluding carboxylic acids is 1. The molecule has 1 amide bonds. The standard InChI is InChI=1S/C28H32ClFN4O3/c1-28(2)17-33(24(35)12-18-7-10-32(11-8-18)16-25(36)37)15-23-26(28)21-4-3-9-31-27(21)34(23)14-19-5-6-20(29)13-22(19)30/h3-6,9,13,18H,7-8,10-12,14-17H2,1-2H3,(H,36,37). The molecule has 1 N–H and O–H groups in total. The first kappa shape index (κ1) is 25.7. The highest BCUT2D eigenvalue weighted by atomic mass is 35.5. The molecule has 0 saturated carbocycles. The van der Waals surface area contributed by atoms with E-state index in [1.54, 1.807) is 18.3 Å². The number of nitrogens with zero attached hydrogens (tertiary/aromatic N) is 4. The number of piperidine rings is 1. The van der Waals surface area contributed by atoms with Crippen molar-refractivity contribution < 1.29 is 19.1 Å². The summed E-state index contributed by atoms with van der Waals surface area (Å²) in [6.45, 7) is 7.09. The number of carboxylic acids is 1. The average molecular weight is 527 g/mol. The van der Waals surface area contributed by atoms with Gasteiger partial charge in [-0.05, 0) is 61.7 Å². The van der Waals surface area contributed by atoms with Gasteiger partial charge in [0.05, 0.1) is 19.6 Å². The Labute approximate surface area is 220 Å². The van der Waals surface area contributed by atoms with Crippen molar-refractivity contribution in [3.8, 4) is 0 Å². The topological polar surface area (TPSA) is 78.7 Å². The SMILES string of the molecule is CC1(C)CN(C(=O)CC2CCN(CC(=O)O)CC2)Cc2c1c1cccnc1n2Cc1ccc(Cl)cc1F. The van der Waals surface area contributed by atoms with Crippen LogP contribution in [0.3, 0.4) is 0 Å². The minimum atomic E-state index is -0.816. The third-order valence-electron chi connectivity index (χ3n) is 7.76. The average Bonchev–Trinajstić information content (AvgIpc) is 3.15. The van der Waals surface area contributed by atoms with E-state index in [0.717, 1.165) is 35.1 Å². The van der Waals surface area contributed by atoms with E-state index >= 15 is 0 Å². The zero-order valence-corrected chi connectivity index (χ0v) is 22.0. The van der Waals surface area contributed by atoms with E-state index in [0.29, 0.717) is 49.7 Å². The molecule has 196 valence electrons. The van der Waals surface area contributed by atoms with Crippen LogP contribution in [0.5, 0.6) is 0 Å². The van der Waals surface area contributed by atoms with Crippen LogP contribution < -0.4 is 0 Å². The number of rotatable bonds is 6. The Hall–Kier alpha value is -2.97. The van der Waals surface area contributed by atoms with Gasteiger partial charge in [0.2, 0.25) is 5.91 Å². The maximum absolute atomic E-state index is 14.8. The van der Waals surface area contributed by atoms with E-state index in [-0.39, 0.29) is 29.6 Å². The number of fused-ring (bicyclic) bond motifs is 3. The Balaban J connectivity index is 1.41. The first-order valence-electron chi connectivity index (χ1n) is 12.7. The summed E-state index contributed by atoms with van der Waals surface area (Å²) in [5, 5.41) is 10.4. The first-order chi connectivity index (χ1) is 17.6. The Morgan fingerprint density at radius 1 is 1.22 bits per heavy atom. The van der Waals surface area contributed by atoms with E-state index in [9.17, 15) is 14.0 Å². The Bertz CT molecular complexity index is 1350. The van der Waals surface area contributed by atoms with Crippen molar-refractivity contribution in [3.63, 3.8) is 0 Å². The second-order valence-corrected chi connectivity index (χ2v) is 11.4. The van der Waals surface area contributed by atoms with Crippen LogP contribution in [0.1, 0.15) is 49.9 Å². The minimum absolute atomic E-state index is 0.0521. The summed E-state index contributed by atoms with van der Waals surface area (Å²) in [6, 6.07) is 8.68. The molecule has 0 spiro atoms. The third kappa shape index (κ3) is 5.22. The van der Waals surface area contributed by atoms with Crippen LogP contribution in [0.15, 0.2) is 36.5 Å². The quantitative estimate of drug-likeness (QED) is 0.504. The Kier molecular flexibility index (Phi) is 6.98. The van der Waals surface area contributed by atoms with Crippen LogP contribution >= 0.6 is 11.6 Å². The number of aromatic nitrogens is 2. The summed E-state index contributed by atoms with van der Waals surface area (Å²) in [6.07, 6.45) is 3.84. The molecule has 37 heavy (non-hydrogen) atoms. The lowest BCUT2D eigenvalue weighted by Gasteiger charge is -2.40. The highest BCUT2D eigenvalue weighted by molar-refractivity contribution is 6.30. The molecule has 0 atom stereocenters. The number of amides is 1. The van der Waals surface area contributed by atoms with Crippen molar-refractivity contribution in [1.82, 2.24) is 19.4 Å². The number of likely N-dealkylation sites (tertiary alicyclic amines) is 1. The molecule has 4 heterocycles. The number of aliphatic carboxylic acids is 1. The number of carboxylic acid groups (broad SMARTS) is 1. The van der Waals surface area contributed by atoms with Gasteiger partial charge in [0.25, 0.3) is 0 Å². The van der Waals surface area contributed by atoms with Gasteiger partial charge in [-0.25, -0.2) is 9.37 Å². The van der Waals surface area contributed by atoms with Crippen LogP contribution in [0.25, 0.3) is 11.0 Å². The second kappa shape index (κ2) is 10.1. The fraction of sp³-hybridized carbons (Fsp3) is 0.464. The molecule has 7 nitrogen and oxygen atoms in total. The van der Waals surface area contributed by atoms with E-state index in [1.165, 1.54) is 6.07 Å². The number of hydrogen-bond donors (Lipinski definition) is 1. The van der Waals surface area contributed by atoms with Gasteiger partial charge in [-0.3, -0.25) is 14.5 Å². The molecule has 2 aliphatic heterocycles. The largest absolute Gasteiger partial charge is 0.480 e. The van der Waals surface area contributed by atoms with E-state index in [4.69, 9.17) is 16.7 Å². The van der Waals surface area contributed by atoms with Crippen LogP contribution in [-0.2, 0) is 28.1 Å². The molecule has 1 fully saturated rings. The third-order valence-corrected chi connectivity index (χ3v) is 7.99. The lowest BCUT2D eigenvalue weighted by molar-refractivity contribution is -0.139. The zero-order chi connectivity index (χ0) is 26.3. The minimum Gasteiger partial charge on any atom is -0.480 e. The van der Waals surface area contributed by atoms with Gasteiger partial charge in [0.1, 0.15) is 11.5 Å². The maximum atomic E-state index is 14.8. The first-order valence-corrected chi connectivity index (χ1v) is 13.1. The number of benzene rings is 1. The summed E-state index contributed by atoms with van der Waals surface area (Å²) >= 11 is 5.98. The highest BCUT2D eigenvalue weighted by Gasteiger charge is 2.39. The molecule has 2 aliphatic rings. The van der Waals surface area contributed by atoms with E-state index < -0.39 is 5.97 Å². The molecule has 1 aromatic carbocycles. The molecule has 5 rings (SSSR count). The molecule has 0 aliphatic carbocycles. The zero-order valence-electron chi connectivity index (χ0n) is 21.2. The molecule has 0 radical (unpaired) electrons. The van der Waals surface area contributed by atoms with Gasteiger partial charge in [-0.2, -0.15) is 0 Å². The van der Waals surface area contributed by atoms with Crippen LogP contribution in [0.4, 0.5) is 4.39 Å². The number of halogens is 2. The Morgan fingerprint density at radius 3 is 2.68 bits per heavy atom. The summed E-state index contributed by atoms with van der Waals surface area (Å²) in [5.41, 5.74) is 3.15. The second-order valence-electron chi connectivity index (χ2n) is 11.0. The molecule has 2 aromatic heterocycles. The molecule has 0 unspecified atom stereocenters. The predicted octanol–water partition coefficient (Wildman–Crippen LogP) is 4.68. The van der Waals surface area contributed by atoms with Crippen molar-refractivity contribution in [2.24, 2.45) is 5.92 Å². The van der Waals surface area contributed by atoms with Gasteiger partial charge in [0.15, 0.2) is 0 Å². The smallest absolute Gasteiger partial charge is 0.317 e.